The Morgan fingerprint density at radius 2 is 2.07 bits per heavy atom. The van der Waals surface area contributed by atoms with E-state index in [4.69, 9.17) is 10.5 Å². The van der Waals surface area contributed by atoms with Crippen molar-refractivity contribution in [3.63, 3.8) is 0 Å². The lowest BCUT2D eigenvalue weighted by molar-refractivity contribution is 0.142. The molecule has 0 radical (unpaired) electrons. The molecule has 0 saturated carbocycles. The van der Waals surface area contributed by atoms with Gasteiger partial charge in [0.15, 0.2) is 0 Å². The van der Waals surface area contributed by atoms with Gasteiger partial charge in [-0.25, -0.2) is 0 Å². The Morgan fingerprint density at radius 3 is 2.73 bits per heavy atom. The maximum absolute atomic E-state index is 6.12. The molecule has 1 unspecified atom stereocenters. The molecular formula is C13H21NO. The third-order valence-corrected chi connectivity index (χ3v) is 2.60. The lowest BCUT2D eigenvalue weighted by atomic mass is 9.99. The average molecular weight is 207 g/mol. The predicted molar refractivity (Wildman–Crippen MR) is 63.8 cm³/mol. The summed E-state index contributed by atoms with van der Waals surface area (Å²) in [6.07, 6.45) is 2.02. The Bertz CT molecular complexity index is 286. The molecule has 0 aliphatic carbocycles. The minimum absolute atomic E-state index is 0.145. The first-order valence-electron chi connectivity index (χ1n) is 5.64. The van der Waals surface area contributed by atoms with E-state index in [9.17, 15) is 0 Å². The van der Waals surface area contributed by atoms with Crippen molar-refractivity contribution in [3.8, 4) is 0 Å². The lowest BCUT2D eigenvalue weighted by Gasteiger charge is -2.14. The van der Waals surface area contributed by atoms with Crippen LogP contribution in [0.4, 0.5) is 0 Å². The van der Waals surface area contributed by atoms with Crippen molar-refractivity contribution in [2.24, 2.45) is 5.73 Å². The van der Waals surface area contributed by atoms with Crippen LogP contribution in [-0.4, -0.2) is 13.2 Å². The van der Waals surface area contributed by atoms with E-state index in [1.165, 1.54) is 11.1 Å². The van der Waals surface area contributed by atoms with Gasteiger partial charge in [-0.1, -0.05) is 24.3 Å². The summed E-state index contributed by atoms with van der Waals surface area (Å²) in [5.41, 5.74) is 8.66. The average Bonchev–Trinajstić information content (AvgIpc) is 2.25. The zero-order valence-corrected chi connectivity index (χ0v) is 9.70. The molecule has 0 bridgehead atoms. The van der Waals surface area contributed by atoms with Gasteiger partial charge in [0.1, 0.15) is 0 Å². The topological polar surface area (TPSA) is 35.2 Å². The van der Waals surface area contributed by atoms with E-state index in [2.05, 4.69) is 19.1 Å². The molecule has 0 amide bonds. The van der Waals surface area contributed by atoms with Crippen LogP contribution >= 0.6 is 0 Å². The van der Waals surface area contributed by atoms with Crippen LogP contribution in [0.5, 0.6) is 0 Å². The SMILES string of the molecule is CCOCCCC(N)c1ccccc1C. The Balaban J connectivity index is 2.40. The fourth-order valence-corrected chi connectivity index (χ4v) is 1.71. The summed E-state index contributed by atoms with van der Waals surface area (Å²) in [6.45, 7) is 5.73. The van der Waals surface area contributed by atoms with Gasteiger partial charge in [0, 0.05) is 19.3 Å². The monoisotopic (exact) mass is 207 g/mol. The van der Waals surface area contributed by atoms with Gasteiger partial charge in [-0.05, 0) is 37.8 Å². The first-order chi connectivity index (χ1) is 7.25. The zero-order chi connectivity index (χ0) is 11.1. The van der Waals surface area contributed by atoms with Crippen LogP contribution in [0.25, 0.3) is 0 Å². The van der Waals surface area contributed by atoms with E-state index < -0.39 is 0 Å². The Kier molecular flexibility index (Phi) is 5.37. The van der Waals surface area contributed by atoms with Crippen LogP contribution in [0.15, 0.2) is 24.3 Å². The van der Waals surface area contributed by atoms with E-state index in [0.717, 1.165) is 26.1 Å². The van der Waals surface area contributed by atoms with Gasteiger partial charge in [-0.15, -0.1) is 0 Å². The minimum Gasteiger partial charge on any atom is -0.382 e. The number of nitrogens with two attached hydrogens (primary N) is 1. The third kappa shape index (κ3) is 4.02. The molecule has 84 valence electrons. The molecule has 1 aromatic rings. The van der Waals surface area contributed by atoms with E-state index >= 15 is 0 Å². The smallest absolute Gasteiger partial charge is 0.0466 e. The summed E-state index contributed by atoms with van der Waals surface area (Å²) in [4.78, 5) is 0. The Labute approximate surface area is 92.4 Å². The van der Waals surface area contributed by atoms with Crippen LogP contribution in [0.2, 0.25) is 0 Å². The molecule has 15 heavy (non-hydrogen) atoms. The molecule has 0 aliphatic heterocycles. The normalized spacial score (nSPS) is 12.7. The van der Waals surface area contributed by atoms with Gasteiger partial charge in [0.25, 0.3) is 0 Å². The van der Waals surface area contributed by atoms with Crippen LogP contribution in [0.1, 0.15) is 36.9 Å². The number of aryl methyl sites for hydroxylation is 1. The number of ether oxygens (including phenoxy) is 1. The maximum Gasteiger partial charge on any atom is 0.0466 e. The van der Waals surface area contributed by atoms with Crippen LogP contribution in [0.3, 0.4) is 0 Å². The molecule has 0 aliphatic rings. The number of benzene rings is 1. The molecule has 0 spiro atoms. The second kappa shape index (κ2) is 6.59. The molecule has 0 fully saturated rings. The summed E-state index contributed by atoms with van der Waals surface area (Å²) in [7, 11) is 0. The van der Waals surface area contributed by atoms with Crippen molar-refractivity contribution in [1.82, 2.24) is 0 Å². The second-order valence-electron chi connectivity index (χ2n) is 3.80. The number of rotatable bonds is 6. The van der Waals surface area contributed by atoms with Gasteiger partial charge in [0.2, 0.25) is 0 Å². The van der Waals surface area contributed by atoms with Crippen molar-refractivity contribution in [2.75, 3.05) is 13.2 Å². The largest absolute Gasteiger partial charge is 0.382 e. The maximum atomic E-state index is 6.12. The van der Waals surface area contributed by atoms with E-state index in [0.29, 0.717) is 0 Å². The first kappa shape index (κ1) is 12.2. The zero-order valence-electron chi connectivity index (χ0n) is 9.70. The van der Waals surface area contributed by atoms with Crippen LogP contribution < -0.4 is 5.73 Å². The lowest BCUT2D eigenvalue weighted by Crippen LogP contribution is -2.12. The fourth-order valence-electron chi connectivity index (χ4n) is 1.71. The summed E-state index contributed by atoms with van der Waals surface area (Å²) in [6, 6.07) is 8.46. The van der Waals surface area contributed by atoms with Gasteiger partial charge in [0.05, 0.1) is 0 Å². The van der Waals surface area contributed by atoms with Crippen molar-refractivity contribution >= 4 is 0 Å². The van der Waals surface area contributed by atoms with E-state index in [1.807, 2.05) is 19.1 Å². The summed E-state index contributed by atoms with van der Waals surface area (Å²) < 4.78 is 5.29. The minimum atomic E-state index is 0.145. The van der Waals surface area contributed by atoms with Gasteiger partial charge < -0.3 is 10.5 Å². The highest BCUT2D eigenvalue weighted by molar-refractivity contribution is 5.28. The van der Waals surface area contributed by atoms with Gasteiger partial charge in [-0.3, -0.25) is 0 Å². The fraction of sp³-hybridized carbons (Fsp3) is 0.538. The highest BCUT2D eigenvalue weighted by Crippen LogP contribution is 2.19. The Morgan fingerprint density at radius 1 is 1.33 bits per heavy atom. The van der Waals surface area contributed by atoms with Gasteiger partial charge in [-0.2, -0.15) is 0 Å². The Hall–Kier alpha value is -0.860. The number of hydrogen-bond donors (Lipinski definition) is 1. The molecule has 2 N–H and O–H groups in total. The quantitative estimate of drug-likeness (QED) is 0.728. The third-order valence-electron chi connectivity index (χ3n) is 2.60. The highest BCUT2D eigenvalue weighted by Gasteiger charge is 2.07. The first-order valence-corrected chi connectivity index (χ1v) is 5.64. The van der Waals surface area contributed by atoms with Crippen molar-refractivity contribution in [3.05, 3.63) is 35.4 Å². The van der Waals surface area contributed by atoms with Gasteiger partial charge >= 0.3 is 0 Å². The van der Waals surface area contributed by atoms with E-state index in [-0.39, 0.29) is 6.04 Å². The van der Waals surface area contributed by atoms with Crippen molar-refractivity contribution in [2.45, 2.75) is 32.7 Å². The second-order valence-corrected chi connectivity index (χ2v) is 3.80. The predicted octanol–water partition coefficient (Wildman–Crippen LogP) is 2.81. The van der Waals surface area contributed by atoms with Crippen LogP contribution in [0, 0.1) is 6.92 Å². The molecule has 0 aromatic heterocycles. The van der Waals surface area contributed by atoms with E-state index in [1.54, 1.807) is 0 Å². The molecule has 0 heterocycles. The van der Waals surface area contributed by atoms with Crippen molar-refractivity contribution < 1.29 is 4.74 Å². The molecular weight excluding hydrogens is 186 g/mol. The standard InChI is InChI=1S/C13H21NO/c1-3-15-10-6-9-13(14)12-8-5-4-7-11(12)2/h4-5,7-8,13H,3,6,9-10,14H2,1-2H3. The molecule has 0 saturated heterocycles. The van der Waals surface area contributed by atoms with Crippen molar-refractivity contribution in [1.29, 1.82) is 0 Å². The van der Waals surface area contributed by atoms with Crippen LogP contribution in [-0.2, 0) is 4.74 Å². The summed E-state index contributed by atoms with van der Waals surface area (Å²) in [5.74, 6) is 0. The molecule has 1 atom stereocenters. The molecule has 1 aromatic carbocycles. The highest BCUT2D eigenvalue weighted by atomic mass is 16.5. The summed E-state index contributed by atoms with van der Waals surface area (Å²) in [5, 5.41) is 0. The summed E-state index contributed by atoms with van der Waals surface area (Å²) >= 11 is 0. The molecule has 2 nitrogen and oxygen atoms in total. The number of hydrogen-bond acceptors (Lipinski definition) is 2. The molecule has 1 rings (SSSR count). The molecule has 2 heteroatoms.